The van der Waals surface area contributed by atoms with E-state index in [1.165, 1.54) is 11.3 Å². The number of carbonyl (C=O) groups is 1. The third-order valence-corrected chi connectivity index (χ3v) is 4.14. The molecule has 0 aliphatic carbocycles. The fraction of sp³-hybridized carbons (Fsp3) is 0.133. The summed E-state index contributed by atoms with van der Waals surface area (Å²) in [6.07, 6.45) is 0.377. The number of benzene rings is 1. The molecule has 22 heavy (non-hydrogen) atoms. The third kappa shape index (κ3) is 4.58. The lowest BCUT2D eigenvalue weighted by Gasteiger charge is -2.04. The van der Waals surface area contributed by atoms with Crippen LogP contribution in [0.25, 0.3) is 0 Å². The second-order valence-corrected chi connectivity index (χ2v) is 5.98. The van der Waals surface area contributed by atoms with Crippen molar-refractivity contribution in [3.8, 4) is 6.07 Å². The van der Waals surface area contributed by atoms with Gasteiger partial charge in [0.25, 0.3) is 0 Å². The van der Waals surface area contributed by atoms with Crippen LogP contribution >= 0.6 is 22.9 Å². The number of nitrogens with zero attached hydrogens (tertiary/aromatic N) is 2. The fourth-order valence-corrected chi connectivity index (χ4v) is 2.64. The largest absolute Gasteiger partial charge is 0.339 e. The lowest BCUT2D eigenvalue weighted by atomic mass is 10.3. The predicted molar refractivity (Wildman–Crippen MR) is 89.5 cm³/mol. The molecular formula is C15H13ClN4OS. The Labute approximate surface area is 137 Å². The Morgan fingerprint density at radius 3 is 2.73 bits per heavy atom. The van der Waals surface area contributed by atoms with Crippen LogP contribution in [0.1, 0.15) is 16.7 Å². The van der Waals surface area contributed by atoms with Crippen LogP contribution < -0.4 is 10.7 Å². The Kier molecular flexibility index (Phi) is 5.53. The fourth-order valence-electron chi connectivity index (χ4n) is 1.63. The summed E-state index contributed by atoms with van der Waals surface area (Å²) in [4.78, 5) is 13.6. The van der Waals surface area contributed by atoms with Gasteiger partial charge < -0.3 is 5.32 Å². The van der Waals surface area contributed by atoms with E-state index in [1.807, 2.05) is 12.1 Å². The lowest BCUT2D eigenvalue weighted by Crippen LogP contribution is -2.25. The van der Waals surface area contributed by atoms with Gasteiger partial charge in [-0.1, -0.05) is 11.6 Å². The number of hydrogen-bond acceptors (Lipinski definition) is 4. The first kappa shape index (κ1) is 16.0. The molecule has 112 valence electrons. The Bertz CT molecular complexity index is 731. The number of amides is 2. The van der Waals surface area contributed by atoms with Crippen LogP contribution in [0, 0.1) is 11.3 Å². The molecule has 0 atom stereocenters. The van der Waals surface area contributed by atoms with Crippen molar-refractivity contribution in [2.75, 3.05) is 5.32 Å². The summed E-state index contributed by atoms with van der Waals surface area (Å²) < 4.78 is 0. The molecule has 1 heterocycles. The Morgan fingerprint density at radius 2 is 2.05 bits per heavy atom. The molecule has 1 aromatic carbocycles. The van der Waals surface area contributed by atoms with E-state index in [2.05, 4.69) is 21.9 Å². The van der Waals surface area contributed by atoms with E-state index >= 15 is 0 Å². The number of anilines is 1. The molecule has 0 spiro atoms. The molecule has 0 saturated carbocycles. The molecule has 0 bridgehead atoms. The molecule has 2 aromatic rings. The normalized spacial score (nSPS) is 10.9. The first-order valence-electron chi connectivity index (χ1n) is 6.41. The number of nitriles is 1. The van der Waals surface area contributed by atoms with Crippen molar-refractivity contribution in [3.63, 3.8) is 0 Å². The molecule has 0 saturated heterocycles. The van der Waals surface area contributed by atoms with Crippen molar-refractivity contribution in [2.45, 2.75) is 13.3 Å². The minimum atomic E-state index is -0.435. The van der Waals surface area contributed by atoms with Gasteiger partial charge in [-0.05, 0) is 43.3 Å². The van der Waals surface area contributed by atoms with Crippen molar-refractivity contribution in [2.24, 2.45) is 5.10 Å². The molecule has 2 N–H and O–H groups in total. The average molecular weight is 333 g/mol. The summed E-state index contributed by atoms with van der Waals surface area (Å²) in [6, 6.07) is 12.2. The minimum Gasteiger partial charge on any atom is -0.307 e. The molecule has 1 aromatic heterocycles. The monoisotopic (exact) mass is 332 g/mol. The van der Waals surface area contributed by atoms with Gasteiger partial charge in [0.15, 0.2) is 0 Å². The molecule has 0 aliphatic heterocycles. The number of rotatable bonds is 4. The van der Waals surface area contributed by atoms with E-state index in [1.54, 1.807) is 31.2 Å². The predicted octanol–water partition coefficient (Wildman–Crippen LogP) is 4.01. The van der Waals surface area contributed by atoms with Crippen molar-refractivity contribution >= 4 is 40.4 Å². The number of hydrazone groups is 1. The number of hydrogen-bond donors (Lipinski definition) is 2. The van der Waals surface area contributed by atoms with Gasteiger partial charge in [0.05, 0.1) is 23.1 Å². The maximum Gasteiger partial charge on any atom is 0.339 e. The average Bonchev–Trinajstić information content (AvgIpc) is 2.96. The summed E-state index contributed by atoms with van der Waals surface area (Å²) in [5.41, 5.74) is 3.74. The molecule has 2 rings (SSSR count). The van der Waals surface area contributed by atoms with Crippen LogP contribution in [-0.4, -0.2) is 11.7 Å². The zero-order valence-electron chi connectivity index (χ0n) is 11.8. The van der Waals surface area contributed by atoms with E-state index in [4.69, 9.17) is 16.9 Å². The highest BCUT2D eigenvalue weighted by Crippen LogP contribution is 2.17. The van der Waals surface area contributed by atoms with Gasteiger partial charge in [0.2, 0.25) is 0 Å². The van der Waals surface area contributed by atoms with Crippen molar-refractivity contribution in [1.82, 2.24) is 5.43 Å². The van der Waals surface area contributed by atoms with Crippen LogP contribution in [0.3, 0.4) is 0 Å². The lowest BCUT2D eigenvalue weighted by molar-refractivity contribution is 0.252. The van der Waals surface area contributed by atoms with Gasteiger partial charge in [-0.25, -0.2) is 10.2 Å². The highest BCUT2D eigenvalue weighted by atomic mass is 35.5. The van der Waals surface area contributed by atoms with Crippen LogP contribution in [0.5, 0.6) is 0 Å². The SMILES string of the molecule is CC(=NNC(=O)Nc1ccc(Cl)cc1)c1ccc(CC#N)s1. The van der Waals surface area contributed by atoms with Gasteiger partial charge >= 0.3 is 6.03 Å². The third-order valence-electron chi connectivity index (χ3n) is 2.70. The summed E-state index contributed by atoms with van der Waals surface area (Å²) in [7, 11) is 0. The van der Waals surface area contributed by atoms with Gasteiger partial charge in [0.1, 0.15) is 0 Å². The van der Waals surface area contributed by atoms with Crippen molar-refractivity contribution < 1.29 is 4.79 Å². The summed E-state index contributed by atoms with van der Waals surface area (Å²) in [5, 5.41) is 15.9. The van der Waals surface area contributed by atoms with Gasteiger partial charge in [0, 0.05) is 15.6 Å². The van der Waals surface area contributed by atoms with E-state index in [-0.39, 0.29) is 0 Å². The summed E-state index contributed by atoms with van der Waals surface area (Å²) >= 11 is 7.26. The second-order valence-electron chi connectivity index (χ2n) is 4.37. The number of thiophene rings is 1. The summed E-state index contributed by atoms with van der Waals surface area (Å²) in [6.45, 7) is 1.80. The van der Waals surface area contributed by atoms with Crippen molar-refractivity contribution in [1.29, 1.82) is 5.26 Å². The maximum absolute atomic E-state index is 11.7. The molecule has 5 nitrogen and oxygen atoms in total. The maximum atomic E-state index is 11.7. The zero-order chi connectivity index (χ0) is 15.9. The van der Waals surface area contributed by atoms with Crippen LogP contribution in [0.15, 0.2) is 41.5 Å². The molecule has 0 fully saturated rings. The highest BCUT2D eigenvalue weighted by molar-refractivity contribution is 7.14. The quantitative estimate of drug-likeness (QED) is 0.655. The first-order chi connectivity index (χ1) is 10.6. The number of nitrogens with one attached hydrogen (secondary N) is 2. The molecule has 7 heteroatoms. The number of urea groups is 1. The van der Waals surface area contributed by atoms with Crippen LogP contribution in [0.4, 0.5) is 10.5 Å². The van der Waals surface area contributed by atoms with E-state index in [0.29, 0.717) is 22.8 Å². The van der Waals surface area contributed by atoms with E-state index in [9.17, 15) is 4.79 Å². The number of carbonyl (C=O) groups excluding carboxylic acids is 1. The molecule has 0 unspecified atom stereocenters. The van der Waals surface area contributed by atoms with Crippen LogP contribution in [-0.2, 0) is 6.42 Å². The highest BCUT2D eigenvalue weighted by Gasteiger charge is 2.05. The Balaban J connectivity index is 1.93. The van der Waals surface area contributed by atoms with E-state index in [0.717, 1.165) is 9.75 Å². The van der Waals surface area contributed by atoms with Gasteiger partial charge in [-0.15, -0.1) is 11.3 Å². The number of halogens is 1. The zero-order valence-corrected chi connectivity index (χ0v) is 13.3. The molecule has 0 radical (unpaired) electrons. The minimum absolute atomic E-state index is 0.377. The topological polar surface area (TPSA) is 77.3 Å². The molecule has 0 aliphatic rings. The molecular weight excluding hydrogens is 320 g/mol. The Hall–Kier alpha value is -2.36. The second kappa shape index (κ2) is 7.59. The molecule has 2 amide bonds. The standard InChI is InChI=1S/C15H13ClN4OS/c1-10(14-7-6-13(22-14)8-9-17)19-20-15(21)18-12-4-2-11(16)3-5-12/h2-7H,8H2,1H3,(H2,18,20,21). The Morgan fingerprint density at radius 1 is 1.32 bits per heavy atom. The summed E-state index contributed by atoms with van der Waals surface area (Å²) in [5.74, 6) is 0. The van der Waals surface area contributed by atoms with Gasteiger partial charge in [-0.2, -0.15) is 10.4 Å². The van der Waals surface area contributed by atoms with Crippen molar-refractivity contribution in [3.05, 3.63) is 51.2 Å². The first-order valence-corrected chi connectivity index (χ1v) is 7.61. The van der Waals surface area contributed by atoms with Crippen LogP contribution in [0.2, 0.25) is 5.02 Å². The van der Waals surface area contributed by atoms with E-state index < -0.39 is 6.03 Å². The smallest absolute Gasteiger partial charge is 0.307 e. The van der Waals surface area contributed by atoms with Gasteiger partial charge in [-0.3, -0.25) is 0 Å².